The number of hydrogen-bond donors (Lipinski definition) is 0. The Morgan fingerprint density at radius 2 is 2.00 bits per heavy atom. The lowest BCUT2D eigenvalue weighted by Crippen LogP contribution is -2.35. The molecule has 0 unspecified atom stereocenters. The molecule has 0 N–H and O–H groups in total. The number of nitrogens with zero attached hydrogens (tertiary/aromatic N) is 4. The lowest BCUT2D eigenvalue weighted by Gasteiger charge is -2.31. The Hall–Kier alpha value is -1.05. The van der Waals surface area contributed by atoms with Crippen molar-refractivity contribution in [2.75, 3.05) is 39.5 Å². The van der Waals surface area contributed by atoms with Gasteiger partial charge in [-0.3, -0.25) is 0 Å². The molecule has 0 radical (unpaired) electrons. The Bertz CT molecular complexity index is 581. The van der Waals surface area contributed by atoms with E-state index in [1.54, 1.807) is 14.1 Å². The second kappa shape index (κ2) is 7.48. The molecular weight excluding hydrogens is 300 g/mol. The largest absolute Gasteiger partial charge is 0.303 e. The van der Waals surface area contributed by atoms with Gasteiger partial charge >= 0.3 is 0 Å². The second-order valence-electron chi connectivity index (χ2n) is 6.10. The highest BCUT2D eigenvalue weighted by Gasteiger charge is 2.22. The fourth-order valence-electron chi connectivity index (χ4n) is 2.81. The predicted octanol–water partition coefficient (Wildman–Crippen LogP) is 1.25. The summed E-state index contributed by atoms with van der Waals surface area (Å²) in [6.45, 7) is 4.79. The average Bonchev–Trinajstić information content (AvgIpc) is 2.47. The number of aryl methyl sites for hydroxylation is 1. The minimum Gasteiger partial charge on any atom is -0.303 e. The lowest BCUT2D eigenvalue weighted by atomic mass is 9.93. The molecule has 1 fully saturated rings. The van der Waals surface area contributed by atoms with Crippen LogP contribution in [0.1, 0.15) is 36.7 Å². The third kappa shape index (κ3) is 4.72. The molecule has 0 spiro atoms. The smallest absolute Gasteiger partial charge is 0.213 e. The van der Waals surface area contributed by atoms with Gasteiger partial charge in [0.05, 0.1) is 5.75 Å². The van der Waals surface area contributed by atoms with Gasteiger partial charge in [0, 0.05) is 31.9 Å². The molecule has 0 saturated carbocycles. The van der Waals surface area contributed by atoms with Gasteiger partial charge < -0.3 is 4.90 Å². The summed E-state index contributed by atoms with van der Waals surface area (Å²) in [5, 5.41) is 0. The van der Waals surface area contributed by atoms with Gasteiger partial charge in [-0.05, 0) is 51.9 Å². The Morgan fingerprint density at radius 3 is 2.59 bits per heavy atom. The molecule has 1 aliphatic rings. The summed E-state index contributed by atoms with van der Waals surface area (Å²) in [6, 6.07) is 2.01. The van der Waals surface area contributed by atoms with Crippen LogP contribution in [-0.2, 0) is 10.0 Å². The first kappa shape index (κ1) is 17.3. The molecule has 1 aromatic heterocycles. The van der Waals surface area contributed by atoms with Crippen molar-refractivity contribution in [3.8, 4) is 0 Å². The monoisotopic (exact) mass is 326 g/mol. The minimum absolute atomic E-state index is 0.227. The molecule has 0 aromatic carbocycles. The van der Waals surface area contributed by atoms with Crippen LogP contribution in [0.25, 0.3) is 0 Å². The predicted molar refractivity (Wildman–Crippen MR) is 87.3 cm³/mol. The first-order valence-electron chi connectivity index (χ1n) is 7.80. The number of piperidine rings is 1. The van der Waals surface area contributed by atoms with Gasteiger partial charge in [0.25, 0.3) is 0 Å². The summed E-state index contributed by atoms with van der Waals surface area (Å²) in [4.78, 5) is 11.0. The zero-order chi connectivity index (χ0) is 16.2. The van der Waals surface area contributed by atoms with Crippen molar-refractivity contribution in [2.24, 2.45) is 0 Å². The quantitative estimate of drug-likeness (QED) is 0.787. The van der Waals surface area contributed by atoms with Crippen molar-refractivity contribution in [2.45, 2.75) is 32.1 Å². The number of likely N-dealkylation sites (tertiary alicyclic amines) is 1. The maximum Gasteiger partial charge on any atom is 0.213 e. The van der Waals surface area contributed by atoms with Gasteiger partial charge in [0.1, 0.15) is 5.82 Å². The van der Waals surface area contributed by atoms with Crippen molar-refractivity contribution >= 4 is 10.0 Å². The highest BCUT2D eigenvalue weighted by Crippen LogP contribution is 2.26. The normalized spacial score (nSPS) is 18.0. The van der Waals surface area contributed by atoms with Crippen molar-refractivity contribution in [3.05, 3.63) is 23.8 Å². The summed E-state index contributed by atoms with van der Waals surface area (Å²) >= 11 is 0. The van der Waals surface area contributed by atoms with E-state index in [0.717, 1.165) is 44.0 Å². The molecule has 0 bridgehead atoms. The molecule has 0 atom stereocenters. The van der Waals surface area contributed by atoms with E-state index in [1.807, 2.05) is 19.2 Å². The topological polar surface area (TPSA) is 66.4 Å². The van der Waals surface area contributed by atoms with Gasteiger partial charge in [-0.15, -0.1) is 0 Å². The number of aromatic nitrogens is 2. The van der Waals surface area contributed by atoms with Crippen LogP contribution >= 0.6 is 0 Å². The van der Waals surface area contributed by atoms with Crippen LogP contribution in [0.4, 0.5) is 0 Å². The van der Waals surface area contributed by atoms with Crippen LogP contribution in [0.2, 0.25) is 0 Å². The van der Waals surface area contributed by atoms with Gasteiger partial charge in [-0.25, -0.2) is 22.7 Å². The standard InChI is InChI=1S/C15H26N4O2S/c1-13-16-8-5-15(17-13)14-6-10-19(11-7-14)9-4-12-22(20,21)18(2)3/h5,8,14H,4,6-7,9-12H2,1-3H3. The maximum absolute atomic E-state index is 11.7. The van der Waals surface area contributed by atoms with Gasteiger partial charge in [-0.1, -0.05) is 0 Å². The third-order valence-electron chi connectivity index (χ3n) is 4.24. The van der Waals surface area contributed by atoms with E-state index in [9.17, 15) is 8.42 Å². The van der Waals surface area contributed by atoms with Crippen LogP contribution < -0.4 is 0 Å². The zero-order valence-electron chi connectivity index (χ0n) is 13.7. The molecule has 1 aliphatic heterocycles. The van der Waals surface area contributed by atoms with Gasteiger partial charge in [0.15, 0.2) is 0 Å². The van der Waals surface area contributed by atoms with E-state index in [-0.39, 0.29) is 5.75 Å². The van der Waals surface area contributed by atoms with Gasteiger partial charge in [-0.2, -0.15) is 0 Å². The average molecular weight is 326 g/mol. The second-order valence-corrected chi connectivity index (χ2v) is 8.40. The minimum atomic E-state index is -3.07. The highest BCUT2D eigenvalue weighted by molar-refractivity contribution is 7.89. The van der Waals surface area contributed by atoms with Crippen LogP contribution in [-0.4, -0.2) is 67.1 Å². The zero-order valence-corrected chi connectivity index (χ0v) is 14.5. The summed E-state index contributed by atoms with van der Waals surface area (Å²) in [5.41, 5.74) is 1.14. The van der Waals surface area contributed by atoms with Crippen molar-refractivity contribution < 1.29 is 8.42 Å². The Labute approximate surface area is 133 Å². The molecule has 0 aliphatic carbocycles. The van der Waals surface area contributed by atoms with Crippen molar-refractivity contribution in [1.29, 1.82) is 0 Å². The van der Waals surface area contributed by atoms with Crippen LogP contribution in [0, 0.1) is 6.92 Å². The SMILES string of the molecule is Cc1nccc(C2CCN(CCCS(=O)(=O)N(C)C)CC2)n1. The van der Waals surface area contributed by atoms with E-state index in [2.05, 4.69) is 14.9 Å². The Kier molecular flexibility index (Phi) is 5.88. The number of rotatable bonds is 6. The number of hydrogen-bond acceptors (Lipinski definition) is 5. The van der Waals surface area contributed by atoms with E-state index in [0.29, 0.717) is 12.3 Å². The summed E-state index contributed by atoms with van der Waals surface area (Å²) < 4.78 is 24.8. The molecule has 22 heavy (non-hydrogen) atoms. The molecule has 1 aromatic rings. The Balaban J connectivity index is 1.76. The molecule has 124 valence electrons. The highest BCUT2D eigenvalue weighted by atomic mass is 32.2. The molecule has 1 saturated heterocycles. The molecule has 2 heterocycles. The lowest BCUT2D eigenvalue weighted by molar-refractivity contribution is 0.211. The van der Waals surface area contributed by atoms with E-state index >= 15 is 0 Å². The van der Waals surface area contributed by atoms with Crippen molar-refractivity contribution in [3.63, 3.8) is 0 Å². The van der Waals surface area contributed by atoms with E-state index in [4.69, 9.17) is 0 Å². The fraction of sp³-hybridized carbons (Fsp3) is 0.733. The van der Waals surface area contributed by atoms with Crippen LogP contribution in [0.15, 0.2) is 12.3 Å². The maximum atomic E-state index is 11.7. The summed E-state index contributed by atoms with van der Waals surface area (Å²) in [5.74, 6) is 1.56. The van der Waals surface area contributed by atoms with Crippen molar-refractivity contribution in [1.82, 2.24) is 19.2 Å². The van der Waals surface area contributed by atoms with Gasteiger partial charge in [0.2, 0.25) is 10.0 Å². The molecule has 6 nitrogen and oxygen atoms in total. The summed E-state index contributed by atoms with van der Waals surface area (Å²) in [6.07, 6.45) is 4.68. The summed E-state index contributed by atoms with van der Waals surface area (Å²) in [7, 11) is 0.108. The number of sulfonamides is 1. The molecular formula is C15H26N4O2S. The fourth-order valence-corrected chi connectivity index (χ4v) is 3.67. The molecule has 7 heteroatoms. The van der Waals surface area contributed by atoms with E-state index < -0.39 is 10.0 Å². The molecule has 2 rings (SSSR count). The van der Waals surface area contributed by atoms with E-state index in [1.165, 1.54) is 4.31 Å². The first-order chi connectivity index (χ1) is 10.4. The third-order valence-corrected chi connectivity index (χ3v) is 6.15. The van der Waals surface area contributed by atoms with Crippen LogP contribution in [0.5, 0.6) is 0 Å². The van der Waals surface area contributed by atoms with Crippen LogP contribution in [0.3, 0.4) is 0 Å². The first-order valence-corrected chi connectivity index (χ1v) is 9.41. The molecule has 0 amide bonds. The Morgan fingerprint density at radius 1 is 1.32 bits per heavy atom.